The average Bonchev–Trinajstić information content (AvgIpc) is 2.72. The summed E-state index contributed by atoms with van der Waals surface area (Å²) in [5.74, 6) is 0.997. The third-order valence-corrected chi connectivity index (χ3v) is 4.89. The van der Waals surface area contributed by atoms with Crippen LogP contribution in [0.4, 0.5) is 0 Å². The highest BCUT2D eigenvalue weighted by Crippen LogP contribution is 2.14. The highest BCUT2D eigenvalue weighted by Gasteiger charge is 2.21. The van der Waals surface area contributed by atoms with Crippen LogP contribution >= 0.6 is 24.0 Å². The first-order chi connectivity index (χ1) is 13.7. The minimum Gasteiger partial charge on any atom is -0.385 e. The van der Waals surface area contributed by atoms with E-state index >= 15 is 0 Å². The molecule has 0 amide bonds. The van der Waals surface area contributed by atoms with E-state index in [1.165, 1.54) is 0 Å². The summed E-state index contributed by atoms with van der Waals surface area (Å²) in [4.78, 5) is 18.8. The van der Waals surface area contributed by atoms with Gasteiger partial charge in [0.25, 0.3) is 0 Å². The molecule has 1 fully saturated rings. The third-order valence-electron chi connectivity index (χ3n) is 4.89. The van der Waals surface area contributed by atoms with E-state index in [4.69, 9.17) is 14.5 Å². The second-order valence-electron chi connectivity index (χ2n) is 7.08. The van der Waals surface area contributed by atoms with Crippen molar-refractivity contribution in [1.82, 2.24) is 14.8 Å². The fraction of sp³-hybridized carbons (Fsp3) is 0.714. The zero-order valence-electron chi connectivity index (χ0n) is 17.8. The van der Waals surface area contributed by atoms with Crippen molar-refractivity contribution in [2.24, 2.45) is 4.99 Å². The van der Waals surface area contributed by atoms with Gasteiger partial charge in [0.15, 0.2) is 5.96 Å². The number of aryl methyl sites for hydroxylation is 1. The Morgan fingerprint density at radius 3 is 2.69 bits per heavy atom. The van der Waals surface area contributed by atoms with E-state index < -0.39 is 0 Å². The standard InChI is InChI=1S/C21H36N4O3.HI/c1-3-22-21(23-12-5-7-14-24-13-6-4-9-20(24)26)25-15-10-19(11-16-25)28-18-8-17-27-2;/h4,6,9,13,19H,3,5,7-8,10-12,14-18H2,1-2H3,(H,22,23);1H. The molecule has 1 aliphatic heterocycles. The first-order valence-electron chi connectivity index (χ1n) is 10.5. The fourth-order valence-corrected chi connectivity index (χ4v) is 3.34. The number of likely N-dealkylation sites (tertiary alicyclic amines) is 1. The van der Waals surface area contributed by atoms with Gasteiger partial charge >= 0.3 is 0 Å². The van der Waals surface area contributed by atoms with Crippen LogP contribution in [0.5, 0.6) is 0 Å². The van der Waals surface area contributed by atoms with Gasteiger partial charge in [0.2, 0.25) is 5.56 Å². The van der Waals surface area contributed by atoms with Crippen molar-refractivity contribution < 1.29 is 9.47 Å². The lowest BCUT2D eigenvalue weighted by atomic mass is 10.1. The number of hydrogen-bond donors (Lipinski definition) is 1. The first-order valence-corrected chi connectivity index (χ1v) is 10.5. The molecule has 1 aliphatic rings. The topological polar surface area (TPSA) is 68.1 Å². The molecule has 29 heavy (non-hydrogen) atoms. The Bertz CT molecular complexity index is 630. The van der Waals surface area contributed by atoms with Crippen molar-refractivity contribution in [1.29, 1.82) is 0 Å². The molecule has 1 saturated heterocycles. The summed E-state index contributed by atoms with van der Waals surface area (Å²) in [6.45, 7) is 7.97. The van der Waals surface area contributed by atoms with Crippen LogP contribution in [0.1, 0.15) is 39.0 Å². The fourth-order valence-electron chi connectivity index (χ4n) is 3.34. The Morgan fingerprint density at radius 2 is 2.00 bits per heavy atom. The molecule has 1 aromatic heterocycles. The van der Waals surface area contributed by atoms with Crippen molar-refractivity contribution in [3.63, 3.8) is 0 Å². The van der Waals surface area contributed by atoms with Crippen LogP contribution in [0.2, 0.25) is 0 Å². The second kappa shape index (κ2) is 15.7. The van der Waals surface area contributed by atoms with Crippen molar-refractivity contribution in [3.8, 4) is 0 Å². The number of rotatable bonds is 11. The van der Waals surface area contributed by atoms with E-state index in [9.17, 15) is 4.79 Å². The Hall–Kier alpha value is -1.13. The molecule has 0 saturated carbocycles. The van der Waals surface area contributed by atoms with Gasteiger partial charge < -0.3 is 24.3 Å². The van der Waals surface area contributed by atoms with Crippen molar-refractivity contribution in [3.05, 3.63) is 34.7 Å². The molecule has 0 bridgehead atoms. The number of nitrogens with zero attached hydrogens (tertiary/aromatic N) is 3. The van der Waals surface area contributed by atoms with Gasteiger partial charge in [-0.15, -0.1) is 24.0 Å². The normalized spacial score (nSPS) is 15.2. The molecule has 2 rings (SSSR count). The van der Waals surface area contributed by atoms with Gasteiger partial charge in [-0.2, -0.15) is 0 Å². The van der Waals surface area contributed by atoms with E-state index in [1.54, 1.807) is 23.8 Å². The lowest BCUT2D eigenvalue weighted by Gasteiger charge is -2.34. The minimum absolute atomic E-state index is 0. The van der Waals surface area contributed by atoms with Crippen LogP contribution in [0.15, 0.2) is 34.2 Å². The lowest BCUT2D eigenvalue weighted by molar-refractivity contribution is 0.00990. The minimum atomic E-state index is 0. The van der Waals surface area contributed by atoms with Crippen molar-refractivity contribution >= 4 is 29.9 Å². The summed E-state index contributed by atoms with van der Waals surface area (Å²) in [5, 5.41) is 3.41. The van der Waals surface area contributed by atoms with E-state index in [2.05, 4.69) is 17.1 Å². The second-order valence-corrected chi connectivity index (χ2v) is 7.08. The SMILES string of the molecule is CCNC(=NCCCCn1ccccc1=O)N1CCC(OCCCOC)CC1.I. The summed E-state index contributed by atoms with van der Waals surface area (Å²) in [6, 6.07) is 5.28. The molecule has 1 aromatic rings. The van der Waals surface area contributed by atoms with Gasteiger partial charge in [0.05, 0.1) is 6.10 Å². The largest absolute Gasteiger partial charge is 0.385 e. The number of methoxy groups -OCH3 is 1. The number of aromatic nitrogens is 1. The van der Waals surface area contributed by atoms with Crippen LogP contribution in [0.3, 0.4) is 0 Å². The monoisotopic (exact) mass is 520 g/mol. The van der Waals surface area contributed by atoms with Crippen molar-refractivity contribution in [2.45, 2.75) is 51.7 Å². The smallest absolute Gasteiger partial charge is 0.250 e. The van der Waals surface area contributed by atoms with Crippen LogP contribution < -0.4 is 10.9 Å². The van der Waals surface area contributed by atoms with E-state index in [-0.39, 0.29) is 29.5 Å². The van der Waals surface area contributed by atoms with E-state index in [0.29, 0.717) is 6.10 Å². The van der Waals surface area contributed by atoms with Crippen LogP contribution in [0, 0.1) is 0 Å². The predicted molar refractivity (Wildman–Crippen MR) is 128 cm³/mol. The summed E-state index contributed by atoms with van der Waals surface area (Å²) < 4.78 is 12.8. The quantitative estimate of drug-likeness (QED) is 0.210. The molecule has 0 atom stereocenters. The Labute approximate surface area is 191 Å². The molecule has 0 unspecified atom stereocenters. The van der Waals surface area contributed by atoms with Gasteiger partial charge in [-0.05, 0) is 45.1 Å². The molecular formula is C21H37IN4O3. The summed E-state index contributed by atoms with van der Waals surface area (Å²) in [7, 11) is 1.72. The summed E-state index contributed by atoms with van der Waals surface area (Å²) in [6.07, 6.45) is 7.13. The Kier molecular flexibility index (Phi) is 14.0. The zero-order valence-corrected chi connectivity index (χ0v) is 20.2. The Morgan fingerprint density at radius 1 is 1.21 bits per heavy atom. The van der Waals surface area contributed by atoms with E-state index in [1.807, 2.05) is 12.3 Å². The van der Waals surface area contributed by atoms with Crippen LogP contribution in [-0.4, -0.2) is 68.0 Å². The molecule has 8 heteroatoms. The maximum absolute atomic E-state index is 11.7. The highest BCUT2D eigenvalue weighted by atomic mass is 127. The van der Waals surface area contributed by atoms with Gasteiger partial charge in [-0.1, -0.05) is 6.07 Å². The molecule has 2 heterocycles. The molecule has 166 valence electrons. The van der Waals surface area contributed by atoms with Gasteiger partial charge in [0.1, 0.15) is 0 Å². The van der Waals surface area contributed by atoms with Crippen LogP contribution in [0.25, 0.3) is 0 Å². The number of piperidine rings is 1. The average molecular weight is 520 g/mol. The molecule has 0 radical (unpaired) electrons. The molecule has 0 spiro atoms. The summed E-state index contributed by atoms with van der Waals surface area (Å²) >= 11 is 0. The predicted octanol–water partition coefficient (Wildman–Crippen LogP) is 2.73. The van der Waals surface area contributed by atoms with Gasteiger partial charge in [-0.25, -0.2) is 0 Å². The lowest BCUT2D eigenvalue weighted by Crippen LogP contribution is -2.47. The van der Waals surface area contributed by atoms with E-state index in [0.717, 1.165) is 84.0 Å². The third kappa shape index (κ3) is 9.95. The first kappa shape index (κ1) is 25.9. The molecule has 0 aliphatic carbocycles. The van der Waals surface area contributed by atoms with Gasteiger partial charge in [-0.3, -0.25) is 9.79 Å². The highest BCUT2D eigenvalue weighted by molar-refractivity contribution is 14.0. The number of ether oxygens (including phenoxy) is 2. The molecule has 0 aromatic carbocycles. The maximum atomic E-state index is 11.7. The number of hydrogen-bond acceptors (Lipinski definition) is 4. The number of unbranched alkanes of at least 4 members (excludes halogenated alkanes) is 1. The number of nitrogens with one attached hydrogen (secondary N) is 1. The maximum Gasteiger partial charge on any atom is 0.250 e. The number of aliphatic imine (C=N–C) groups is 1. The van der Waals surface area contributed by atoms with Crippen LogP contribution in [-0.2, 0) is 16.0 Å². The van der Waals surface area contributed by atoms with Crippen molar-refractivity contribution in [2.75, 3.05) is 46.5 Å². The molecule has 1 N–H and O–H groups in total. The molecule has 7 nitrogen and oxygen atoms in total. The number of halogens is 1. The zero-order chi connectivity index (χ0) is 20.0. The molecular weight excluding hydrogens is 483 g/mol. The summed E-state index contributed by atoms with van der Waals surface area (Å²) in [5.41, 5.74) is 0.0617. The van der Waals surface area contributed by atoms with Gasteiger partial charge in [0, 0.05) is 65.3 Å². The number of pyridine rings is 1. The Balaban J connectivity index is 0.00000420. The number of guanidine groups is 1.